The Morgan fingerprint density at radius 1 is 1.30 bits per heavy atom. The normalized spacial score (nSPS) is 15.7. The first kappa shape index (κ1) is 14.9. The van der Waals surface area contributed by atoms with Gasteiger partial charge in [0.1, 0.15) is 0 Å². The topological polar surface area (TPSA) is 46.2 Å². The van der Waals surface area contributed by atoms with E-state index in [0.717, 1.165) is 18.5 Å². The van der Waals surface area contributed by atoms with Crippen LogP contribution in [0.2, 0.25) is 0 Å². The third kappa shape index (κ3) is 3.14. The summed E-state index contributed by atoms with van der Waals surface area (Å²) in [5, 5.41) is 9.35. The fourth-order valence-electron chi connectivity index (χ4n) is 2.57. The van der Waals surface area contributed by atoms with Gasteiger partial charge in [-0.2, -0.15) is 0 Å². The van der Waals surface area contributed by atoms with Gasteiger partial charge in [-0.05, 0) is 32.0 Å². The number of rotatable bonds is 3. The van der Waals surface area contributed by atoms with Gasteiger partial charge in [0.25, 0.3) is 0 Å². The molecule has 0 bridgehead atoms. The van der Waals surface area contributed by atoms with Crippen molar-refractivity contribution in [1.29, 1.82) is 0 Å². The Hall–Kier alpha value is -1.52. The second-order valence-corrected chi connectivity index (χ2v) is 4.92. The molecule has 1 aromatic carbocycles. The first-order chi connectivity index (χ1) is 9.36. The van der Waals surface area contributed by atoms with Gasteiger partial charge in [0.05, 0.1) is 7.11 Å². The minimum atomic E-state index is 0. The largest absolute Gasteiger partial charge is 0.481 e. The highest BCUT2D eigenvalue weighted by atomic mass is 35.5. The SMILES string of the molecule is COc1cc2c(NC3CCNCC3)cccc2cn1.Cl. The molecule has 0 radical (unpaired) electrons. The van der Waals surface area contributed by atoms with Gasteiger partial charge >= 0.3 is 0 Å². The molecule has 1 aliphatic rings. The number of anilines is 1. The van der Waals surface area contributed by atoms with Crippen molar-refractivity contribution in [3.8, 4) is 5.88 Å². The Morgan fingerprint density at radius 2 is 2.10 bits per heavy atom. The molecule has 4 nitrogen and oxygen atoms in total. The first-order valence-corrected chi connectivity index (χ1v) is 6.77. The van der Waals surface area contributed by atoms with Gasteiger partial charge in [0.15, 0.2) is 0 Å². The van der Waals surface area contributed by atoms with E-state index in [1.54, 1.807) is 7.11 Å². The van der Waals surface area contributed by atoms with Crippen molar-refractivity contribution < 1.29 is 4.74 Å². The molecule has 1 aromatic heterocycles. The van der Waals surface area contributed by atoms with Crippen molar-refractivity contribution in [2.75, 3.05) is 25.5 Å². The predicted octanol–water partition coefficient (Wildman–Crippen LogP) is 2.83. The lowest BCUT2D eigenvalue weighted by Crippen LogP contribution is -2.35. The van der Waals surface area contributed by atoms with E-state index in [-0.39, 0.29) is 12.4 Å². The molecule has 3 rings (SSSR count). The molecule has 0 unspecified atom stereocenters. The fraction of sp³-hybridized carbons (Fsp3) is 0.400. The molecule has 0 spiro atoms. The summed E-state index contributed by atoms with van der Waals surface area (Å²) in [7, 11) is 1.65. The number of nitrogens with one attached hydrogen (secondary N) is 2. The highest BCUT2D eigenvalue weighted by Crippen LogP contribution is 2.27. The van der Waals surface area contributed by atoms with Gasteiger partial charge in [-0.25, -0.2) is 4.98 Å². The Labute approximate surface area is 125 Å². The molecule has 0 saturated carbocycles. The Balaban J connectivity index is 0.00000147. The highest BCUT2D eigenvalue weighted by Gasteiger charge is 2.13. The summed E-state index contributed by atoms with van der Waals surface area (Å²) in [6.07, 6.45) is 4.19. The summed E-state index contributed by atoms with van der Waals surface area (Å²) in [6, 6.07) is 8.82. The number of hydrogen-bond acceptors (Lipinski definition) is 4. The van der Waals surface area contributed by atoms with Gasteiger partial charge in [-0.1, -0.05) is 12.1 Å². The van der Waals surface area contributed by atoms with E-state index in [4.69, 9.17) is 4.74 Å². The molecule has 2 heterocycles. The average molecular weight is 294 g/mol. The molecule has 0 atom stereocenters. The molecule has 1 saturated heterocycles. The molecular formula is C15H20ClN3O. The van der Waals surface area contributed by atoms with Crippen LogP contribution in [0.4, 0.5) is 5.69 Å². The zero-order valence-corrected chi connectivity index (χ0v) is 12.4. The number of ether oxygens (including phenoxy) is 1. The number of halogens is 1. The zero-order valence-electron chi connectivity index (χ0n) is 11.6. The maximum Gasteiger partial charge on any atom is 0.213 e. The van der Waals surface area contributed by atoms with E-state index in [0.29, 0.717) is 11.9 Å². The molecular weight excluding hydrogens is 274 g/mol. The van der Waals surface area contributed by atoms with E-state index in [1.165, 1.54) is 23.9 Å². The number of nitrogens with zero attached hydrogens (tertiary/aromatic N) is 1. The van der Waals surface area contributed by atoms with Gasteiger partial charge < -0.3 is 15.4 Å². The van der Waals surface area contributed by atoms with E-state index >= 15 is 0 Å². The maximum atomic E-state index is 5.22. The second kappa shape index (κ2) is 6.77. The molecule has 2 N–H and O–H groups in total. The molecule has 5 heteroatoms. The average Bonchev–Trinajstić information content (AvgIpc) is 2.48. The summed E-state index contributed by atoms with van der Waals surface area (Å²) in [5.74, 6) is 0.659. The lowest BCUT2D eigenvalue weighted by atomic mass is 10.0. The van der Waals surface area contributed by atoms with Crippen LogP contribution in [0.15, 0.2) is 30.5 Å². The standard InChI is InChI=1S/C15H19N3O.ClH/c1-19-15-9-13-11(10-17-15)3-2-4-14(13)18-12-5-7-16-8-6-12;/h2-4,9-10,12,16,18H,5-8H2,1H3;1H. The second-order valence-electron chi connectivity index (χ2n) is 4.92. The number of piperidine rings is 1. The number of aromatic nitrogens is 1. The monoisotopic (exact) mass is 293 g/mol. The van der Waals surface area contributed by atoms with Crippen LogP contribution < -0.4 is 15.4 Å². The van der Waals surface area contributed by atoms with E-state index in [9.17, 15) is 0 Å². The molecule has 1 fully saturated rings. The van der Waals surface area contributed by atoms with E-state index < -0.39 is 0 Å². The number of methoxy groups -OCH3 is 1. The Kier molecular flexibility index (Phi) is 5.04. The molecule has 1 aliphatic heterocycles. The van der Waals surface area contributed by atoms with Gasteiger partial charge in [0, 0.05) is 34.8 Å². The van der Waals surface area contributed by atoms with Crippen LogP contribution in [0.5, 0.6) is 5.88 Å². The third-order valence-electron chi connectivity index (χ3n) is 3.65. The first-order valence-electron chi connectivity index (χ1n) is 6.77. The van der Waals surface area contributed by atoms with Crippen LogP contribution in [0.25, 0.3) is 10.8 Å². The van der Waals surface area contributed by atoms with Crippen molar-refractivity contribution in [1.82, 2.24) is 10.3 Å². The fourth-order valence-corrected chi connectivity index (χ4v) is 2.57. The van der Waals surface area contributed by atoms with E-state index in [2.05, 4.69) is 33.8 Å². The maximum absolute atomic E-state index is 5.22. The summed E-state index contributed by atoms with van der Waals surface area (Å²) in [4.78, 5) is 4.25. The number of fused-ring (bicyclic) bond motifs is 1. The predicted molar refractivity (Wildman–Crippen MR) is 85.1 cm³/mol. The summed E-state index contributed by atoms with van der Waals surface area (Å²) >= 11 is 0. The molecule has 108 valence electrons. The summed E-state index contributed by atoms with van der Waals surface area (Å²) in [6.45, 7) is 2.18. The van der Waals surface area contributed by atoms with Gasteiger partial charge in [0.2, 0.25) is 5.88 Å². The Morgan fingerprint density at radius 3 is 2.85 bits per heavy atom. The van der Waals surface area contributed by atoms with Crippen LogP contribution in [0.1, 0.15) is 12.8 Å². The van der Waals surface area contributed by atoms with Crippen molar-refractivity contribution in [3.05, 3.63) is 30.5 Å². The number of benzene rings is 1. The summed E-state index contributed by atoms with van der Waals surface area (Å²) in [5.41, 5.74) is 1.17. The molecule has 0 amide bonds. The molecule has 2 aromatic rings. The van der Waals surface area contributed by atoms with Gasteiger partial charge in [-0.3, -0.25) is 0 Å². The third-order valence-corrected chi connectivity index (χ3v) is 3.65. The van der Waals surface area contributed by atoms with E-state index in [1.807, 2.05) is 12.3 Å². The van der Waals surface area contributed by atoms with Gasteiger partial charge in [-0.15, -0.1) is 12.4 Å². The zero-order chi connectivity index (χ0) is 13.1. The van der Waals surface area contributed by atoms with Crippen molar-refractivity contribution in [2.45, 2.75) is 18.9 Å². The lowest BCUT2D eigenvalue weighted by molar-refractivity contribution is 0.399. The lowest BCUT2D eigenvalue weighted by Gasteiger charge is -2.25. The van der Waals surface area contributed by atoms with Crippen molar-refractivity contribution in [3.63, 3.8) is 0 Å². The highest BCUT2D eigenvalue weighted by molar-refractivity contribution is 5.94. The van der Waals surface area contributed by atoms with Crippen LogP contribution >= 0.6 is 12.4 Å². The minimum absolute atomic E-state index is 0. The summed E-state index contributed by atoms with van der Waals surface area (Å²) < 4.78 is 5.22. The van der Waals surface area contributed by atoms with Crippen LogP contribution in [-0.2, 0) is 0 Å². The van der Waals surface area contributed by atoms with Crippen LogP contribution in [0.3, 0.4) is 0 Å². The van der Waals surface area contributed by atoms with Crippen molar-refractivity contribution in [2.24, 2.45) is 0 Å². The van der Waals surface area contributed by atoms with Crippen LogP contribution in [0, 0.1) is 0 Å². The molecule has 0 aliphatic carbocycles. The number of pyridine rings is 1. The van der Waals surface area contributed by atoms with Crippen molar-refractivity contribution >= 4 is 28.9 Å². The van der Waals surface area contributed by atoms with Crippen LogP contribution in [-0.4, -0.2) is 31.2 Å². The smallest absolute Gasteiger partial charge is 0.213 e. The number of hydrogen-bond donors (Lipinski definition) is 2. The quantitative estimate of drug-likeness (QED) is 0.913. The molecule has 20 heavy (non-hydrogen) atoms. The Bertz CT molecular complexity index is 570. The minimum Gasteiger partial charge on any atom is -0.481 e.